The molecule has 8 atom stereocenters. The fraction of sp³-hybridized carbons (Fsp3) is 0.967. The van der Waals surface area contributed by atoms with Gasteiger partial charge in [-0.05, 0) is 56.6 Å². The van der Waals surface area contributed by atoms with Crippen LogP contribution >= 0.6 is 11.8 Å². The molecule has 7 fully saturated rings. The number of Topliss-reactive ketones (excluding diaryl/α,β-unsaturated/α-hetero) is 1. The van der Waals surface area contributed by atoms with Crippen LogP contribution in [0.3, 0.4) is 0 Å². The van der Waals surface area contributed by atoms with E-state index >= 15 is 0 Å². The van der Waals surface area contributed by atoms with Crippen molar-refractivity contribution >= 4 is 17.5 Å². The Morgan fingerprint density at radius 1 is 1.05 bits per heavy atom. The maximum atomic E-state index is 13.1. The molecule has 8 unspecified atom stereocenters. The van der Waals surface area contributed by atoms with Crippen LogP contribution in [0, 0.1) is 17.8 Å². The third-order valence-corrected chi connectivity index (χ3v) is 12.7. The maximum absolute atomic E-state index is 13.1. The molecule has 0 bridgehead atoms. The number of nitrogens with one attached hydrogen (secondary N) is 5. The van der Waals surface area contributed by atoms with Crippen LogP contribution in [-0.2, 0) is 19.0 Å². The molecule has 11 nitrogen and oxygen atoms in total. The lowest BCUT2D eigenvalue weighted by molar-refractivity contribution is -0.911. The zero-order valence-electron chi connectivity index (χ0n) is 25.4. The van der Waals surface area contributed by atoms with Gasteiger partial charge in [-0.25, -0.2) is 5.01 Å². The van der Waals surface area contributed by atoms with Gasteiger partial charge in [-0.2, -0.15) is 0 Å². The molecule has 7 rings (SSSR count). The lowest BCUT2D eigenvalue weighted by Gasteiger charge is -2.43. The van der Waals surface area contributed by atoms with E-state index in [-0.39, 0.29) is 23.9 Å². The van der Waals surface area contributed by atoms with Crippen molar-refractivity contribution in [3.05, 3.63) is 0 Å². The smallest absolute Gasteiger partial charge is 0.152 e. The van der Waals surface area contributed by atoms with Gasteiger partial charge in [0.1, 0.15) is 25.6 Å². The summed E-state index contributed by atoms with van der Waals surface area (Å²) in [6.45, 7) is 13.0. The van der Waals surface area contributed by atoms with Crippen molar-refractivity contribution < 1.29 is 23.9 Å². The summed E-state index contributed by atoms with van der Waals surface area (Å²) in [6, 6.07) is 1.03. The zero-order valence-corrected chi connectivity index (χ0v) is 26.3. The van der Waals surface area contributed by atoms with Crippen molar-refractivity contribution in [3.8, 4) is 0 Å². The highest BCUT2D eigenvalue weighted by Crippen LogP contribution is 2.46. The molecule has 0 aromatic rings. The van der Waals surface area contributed by atoms with E-state index < -0.39 is 0 Å². The summed E-state index contributed by atoms with van der Waals surface area (Å²) in [5.74, 6) is 3.31. The van der Waals surface area contributed by atoms with Crippen molar-refractivity contribution in [1.29, 1.82) is 0 Å². The second-order valence-electron chi connectivity index (χ2n) is 13.8. The number of hydrazine groups is 1. The SMILES string of the molecule is CC1NN(C2CCNC(NC3CCC(C4CSC5C(=O)CC(N6CCOCC6)OC54)CC3)N2)CC1C[NH+]1CCOCC1. The number of fused-ring (bicyclic) bond motifs is 1. The van der Waals surface area contributed by atoms with Gasteiger partial charge < -0.3 is 19.1 Å². The fourth-order valence-electron chi connectivity index (χ4n) is 8.61. The van der Waals surface area contributed by atoms with Crippen LogP contribution in [-0.4, -0.2) is 136 Å². The first-order valence-electron chi connectivity index (χ1n) is 16.9. The number of nitrogens with zero attached hydrogens (tertiary/aromatic N) is 2. The third-order valence-electron chi connectivity index (χ3n) is 11.2. The van der Waals surface area contributed by atoms with Gasteiger partial charge in [-0.15, -0.1) is 11.8 Å². The Kier molecular flexibility index (Phi) is 10.1. The van der Waals surface area contributed by atoms with Gasteiger partial charge in [0.05, 0.1) is 50.5 Å². The van der Waals surface area contributed by atoms with Crippen LogP contribution in [0.4, 0.5) is 0 Å². The maximum Gasteiger partial charge on any atom is 0.152 e. The van der Waals surface area contributed by atoms with E-state index in [2.05, 4.69) is 38.2 Å². The van der Waals surface area contributed by atoms with Gasteiger partial charge in [-0.1, -0.05) is 0 Å². The molecule has 0 amide bonds. The normalized spacial score (nSPS) is 44.8. The van der Waals surface area contributed by atoms with Crippen LogP contribution in [0.5, 0.6) is 0 Å². The molecule has 6 heterocycles. The molecule has 0 spiro atoms. The molecular weight excluding hydrogens is 554 g/mol. The summed E-state index contributed by atoms with van der Waals surface area (Å²) in [7, 11) is 0. The number of morpholine rings is 2. The number of rotatable bonds is 7. The van der Waals surface area contributed by atoms with Gasteiger partial charge >= 0.3 is 0 Å². The number of ether oxygens (including phenoxy) is 3. The minimum atomic E-state index is -0.0535. The summed E-state index contributed by atoms with van der Waals surface area (Å²) < 4.78 is 17.8. The molecule has 0 aromatic heterocycles. The number of hydrogen-bond donors (Lipinski definition) is 5. The van der Waals surface area contributed by atoms with Crippen molar-refractivity contribution in [3.63, 3.8) is 0 Å². The summed E-state index contributed by atoms with van der Waals surface area (Å²) in [5, 5.41) is 14.0. The van der Waals surface area contributed by atoms with Crippen molar-refractivity contribution in [2.24, 2.45) is 17.8 Å². The number of carbonyl (C=O) groups excluding carboxylic acids is 1. The predicted molar refractivity (Wildman–Crippen MR) is 162 cm³/mol. The highest BCUT2D eigenvalue weighted by atomic mass is 32.2. The Labute approximate surface area is 255 Å². The van der Waals surface area contributed by atoms with Crippen molar-refractivity contribution in [2.75, 3.05) is 78.0 Å². The molecule has 1 aliphatic carbocycles. The summed E-state index contributed by atoms with van der Waals surface area (Å²) in [5.41, 5.74) is 3.80. The Morgan fingerprint density at radius 3 is 2.64 bits per heavy atom. The molecular formula is C30H54N7O4S+. The van der Waals surface area contributed by atoms with E-state index in [9.17, 15) is 4.79 Å². The lowest BCUT2D eigenvalue weighted by atomic mass is 9.75. The molecule has 7 aliphatic rings. The fourth-order valence-corrected chi connectivity index (χ4v) is 10.2. The van der Waals surface area contributed by atoms with Crippen LogP contribution in [0.25, 0.3) is 0 Å². The largest absolute Gasteiger partial charge is 0.379 e. The quantitative estimate of drug-likeness (QED) is 0.241. The molecule has 12 heteroatoms. The summed E-state index contributed by atoms with van der Waals surface area (Å²) in [6.07, 6.45) is 7.00. The predicted octanol–water partition coefficient (Wildman–Crippen LogP) is -1.18. The number of quaternary nitrogens is 1. The van der Waals surface area contributed by atoms with Crippen LogP contribution in [0.1, 0.15) is 45.4 Å². The minimum absolute atomic E-state index is 0.0486. The van der Waals surface area contributed by atoms with Crippen LogP contribution in [0.15, 0.2) is 0 Å². The summed E-state index contributed by atoms with van der Waals surface area (Å²) >= 11 is 1.87. The first-order valence-corrected chi connectivity index (χ1v) is 18.0. The first-order chi connectivity index (χ1) is 20.6. The van der Waals surface area contributed by atoms with Gasteiger partial charge in [-0.3, -0.25) is 31.1 Å². The Balaban J connectivity index is 0.869. The van der Waals surface area contributed by atoms with Crippen LogP contribution < -0.4 is 26.3 Å². The average molecular weight is 609 g/mol. The molecule has 6 aliphatic heterocycles. The number of ketones is 1. The topological polar surface area (TPSA) is 104 Å². The van der Waals surface area contributed by atoms with E-state index in [1.165, 1.54) is 32.2 Å². The molecule has 5 N–H and O–H groups in total. The Bertz CT molecular complexity index is 901. The average Bonchev–Trinajstić information content (AvgIpc) is 3.62. The minimum Gasteiger partial charge on any atom is -0.379 e. The number of carbonyl (C=O) groups is 1. The highest BCUT2D eigenvalue weighted by molar-refractivity contribution is 8.01. The monoisotopic (exact) mass is 608 g/mol. The van der Waals surface area contributed by atoms with E-state index in [0.717, 1.165) is 77.9 Å². The van der Waals surface area contributed by atoms with Gasteiger partial charge in [0.2, 0.25) is 0 Å². The Hall–Kier alpha value is -0.380. The van der Waals surface area contributed by atoms with Gasteiger partial charge in [0, 0.05) is 50.6 Å². The van der Waals surface area contributed by atoms with E-state index in [0.29, 0.717) is 48.2 Å². The number of hydrogen-bond acceptors (Lipinski definition) is 11. The molecule has 6 saturated heterocycles. The Morgan fingerprint density at radius 2 is 1.83 bits per heavy atom. The second-order valence-corrected chi connectivity index (χ2v) is 15.0. The van der Waals surface area contributed by atoms with E-state index in [1.54, 1.807) is 4.90 Å². The van der Waals surface area contributed by atoms with Crippen molar-refractivity contribution in [2.45, 2.75) is 87.6 Å². The molecule has 42 heavy (non-hydrogen) atoms. The number of thioether (sulfide) groups is 1. The standard InChI is InChI=1S/C30H53N7O4S/c1-20-22(17-35-8-12-39-13-9-35)18-37(34-20)26-6-7-31-30(33-26)32-23-4-2-21(3-5-23)24-19-42-29-25(38)16-27(41-28(24)29)36-10-14-40-15-11-36/h20-24,26-34H,2-19H2,1H3/p+1. The van der Waals surface area contributed by atoms with Gasteiger partial charge in [0.15, 0.2) is 5.78 Å². The van der Waals surface area contributed by atoms with Crippen molar-refractivity contribution in [1.82, 2.24) is 31.3 Å². The molecule has 0 aromatic carbocycles. The molecule has 1 saturated carbocycles. The van der Waals surface area contributed by atoms with E-state index in [4.69, 9.17) is 14.2 Å². The molecule has 0 radical (unpaired) electrons. The zero-order chi connectivity index (χ0) is 28.5. The van der Waals surface area contributed by atoms with Crippen LogP contribution in [0.2, 0.25) is 0 Å². The first kappa shape index (κ1) is 30.3. The van der Waals surface area contributed by atoms with Gasteiger partial charge in [0.25, 0.3) is 0 Å². The lowest BCUT2D eigenvalue weighted by Crippen LogP contribution is -3.14. The van der Waals surface area contributed by atoms with E-state index in [1.807, 2.05) is 11.8 Å². The summed E-state index contributed by atoms with van der Waals surface area (Å²) in [4.78, 5) is 17.1. The highest BCUT2D eigenvalue weighted by Gasteiger charge is 2.50. The second kappa shape index (κ2) is 13.9. The molecule has 238 valence electrons. The third kappa shape index (κ3) is 6.89.